The van der Waals surface area contributed by atoms with Crippen LogP contribution in [0.4, 0.5) is 0 Å². The van der Waals surface area contributed by atoms with Gasteiger partial charge in [-0.3, -0.25) is 10.1 Å². The maximum atomic E-state index is 12.0. The third-order valence-electron chi connectivity index (χ3n) is 3.45. The van der Waals surface area contributed by atoms with Gasteiger partial charge in [0.25, 0.3) is 0 Å². The summed E-state index contributed by atoms with van der Waals surface area (Å²) in [5.41, 5.74) is 0.873. The van der Waals surface area contributed by atoms with Crippen molar-refractivity contribution in [1.29, 1.82) is 0 Å². The number of carbonyl (C=O) groups excluding carboxylic acids is 1. The zero-order chi connectivity index (χ0) is 15.4. The molecule has 2 atom stereocenters. The molecular weight excluding hydrogens is 264 g/mol. The van der Waals surface area contributed by atoms with E-state index in [9.17, 15) is 4.79 Å². The van der Waals surface area contributed by atoms with Gasteiger partial charge in [-0.25, -0.2) is 0 Å². The lowest BCUT2D eigenvalue weighted by atomic mass is 10.2. The first-order valence-corrected chi connectivity index (χ1v) is 7.49. The molecule has 0 spiro atoms. The van der Waals surface area contributed by atoms with E-state index in [1.54, 1.807) is 0 Å². The molecule has 1 heterocycles. The van der Waals surface area contributed by atoms with E-state index in [0.29, 0.717) is 12.5 Å². The van der Waals surface area contributed by atoms with Gasteiger partial charge in [-0.2, -0.15) is 0 Å². The molecule has 2 rings (SSSR count). The van der Waals surface area contributed by atoms with Crippen LogP contribution in [0.1, 0.15) is 39.5 Å². The van der Waals surface area contributed by atoms with Crippen molar-refractivity contribution in [1.82, 2.24) is 10.6 Å². The van der Waals surface area contributed by atoms with Gasteiger partial charge < -0.3 is 9.73 Å². The van der Waals surface area contributed by atoms with Crippen LogP contribution in [0.3, 0.4) is 0 Å². The van der Waals surface area contributed by atoms with E-state index in [2.05, 4.69) is 24.5 Å². The number of para-hydroxylation sites is 1. The summed E-state index contributed by atoms with van der Waals surface area (Å²) >= 11 is 0. The Bertz CT molecular complexity index is 571. The fourth-order valence-corrected chi connectivity index (χ4v) is 2.21. The smallest absolute Gasteiger partial charge is 0.236 e. The Balaban J connectivity index is 1.96. The van der Waals surface area contributed by atoms with Crippen LogP contribution in [-0.4, -0.2) is 18.5 Å². The van der Waals surface area contributed by atoms with Crippen LogP contribution < -0.4 is 10.6 Å². The topological polar surface area (TPSA) is 54.3 Å². The van der Waals surface area contributed by atoms with E-state index in [-0.39, 0.29) is 18.0 Å². The maximum absolute atomic E-state index is 12.0. The van der Waals surface area contributed by atoms with Gasteiger partial charge in [0, 0.05) is 11.9 Å². The minimum atomic E-state index is -0.257. The summed E-state index contributed by atoms with van der Waals surface area (Å²) in [6.07, 6.45) is 0. The molecule has 4 heteroatoms. The first-order chi connectivity index (χ1) is 9.97. The number of amides is 1. The first kappa shape index (κ1) is 15.6. The first-order valence-electron chi connectivity index (χ1n) is 7.49. The Hall–Kier alpha value is -1.81. The van der Waals surface area contributed by atoms with Gasteiger partial charge in [0.15, 0.2) is 0 Å². The summed E-state index contributed by atoms with van der Waals surface area (Å²) in [6.45, 7) is 8.73. The van der Waals surface area contributed by atoms with Crippen molar-refractivity contribution in [2.24, 2.45) is 5.92 Å². The molecule has 1 aromatic heterocycles. The van der Waals surface area contributed by atoms with Gasteiger partial charge in [-0.05, 0) is 31.9 Å². The number of carbonyl (C=O) groups is 1. The molecule has 21 heavy (non-hydrogen) atoms. The van der Waals surface area contributed by atoms with Gasteiger partial charge in [0.2, 0.25) is 5.91 Å². The standard InChI is InChI=1S/C17H24N2O2/c1-11(2)10-18-17(20)13(4)19-12(3)16-9-14-7-5-6-8-15(14)21-16/h5-9,11-13,19H,10H2,1-4H3,(H,18,20). The number of benzene rings is 1. The van der Waals surface area contributed by atoms with E-state index < -0.39 is 0 Å². The zero-order valence-electron chi connectivity index (χ0n) is 13.1. The van der Waals surface area contributed by atoms with Crippen LogP contribution in [0.2, 0.25) is 0 Å². The predicted octanol–water partition coefficient (Wildman–Crippen LogP) is 3.24. The Morgan fingerprint density at radius 2 is 1.90 bits per heavy atom. The normalized spacial score (nSPS) is 14.3. The Morgan fingerprint density at radius 3 is 2.57 bits per heavy atom. The molecule has 0 aliphatic carbocycles. The summed E-state index contributed by atoms with van der Waals surface area (Å²) in [4.78, 5) is 12.0. The van der Waals surface area contributed by atoms with Gasteiger partial charge in [-0.1, -0.05) is 32.0 Å². The van der Waals surface area contributed by atoms with Crippen molar-refractivity contribution in [2.45, 2.75) is 39.8 Å². The van der Waals surface area contributed by atoms with Crippen LogP contribution in [0.5, 0.6) is 0 Å². The van der Waals surface area contributed by atoms with Crippen LogP contribution in [0.25, 0.3) is 11.0 Å². The van der Waals surface area contributed by atoms with Crippen molar-refractivity contribution >= 4 is 16.9 Å². The Kier molecular flexibility index (Phi) is 5.02. The number of hydrogen-bond acceptors (Lipinski definition) is 3. The molecule has 1 aromatic carbocycles. The van der Waals surface area contributed by atoms with Gasteiger partial charge in [0.05, 0.1) is 12.1 Å². The molecule has 0 radical (unpaired) electrons. The van der Waals surface area contributed by atoms with E-state index in [1.807, 2.05) is 44.2 Å². The van der Waals surface area contributed by atoms with Crippen LogP contribution >= 0.6 is 0 Å². The summed E-state index contributed by atoms with van der Waals surface area (Å²) in [5, 5.41) is 7.29. The predicted molar refractivity (Wildman–Crippen MR) is 85.1 cm³/mol. The van der Waals surface area contributed by atoms with Crippen molar-refractivity contribution in [3.05, 3.63) is 36.1 Å². The molecule has 114 valence electrons. The molecule has 0 bridgehead atoms. The van der Waals surface area contributed by atoms with Gasteiger partial charge in [-0.15, -0.1) is 0 Å². The SMILES string of the molecule is CC(C)CNC(=O)C(C)NC(C)c1cc2ccccc2o1. The molecule has 0 fully saturated rings. The van der Waals surface area contributed by atoms with Gasteiger partial charge >= 0.3 is 0 Å². The summed E-state index contributed by atoms with van der Waals surface area (Å²) < 4.78 is 5.81. The molecule has 0 saturated heterocycles. The molecule has 0 saturated carbocycles. The lowest BCUT2D eigenvalue weighted by Gasteiger charge is -2.18. The van der Waals surface area contributed by atoms with E-state index in [4.69, 9.17) is 4.42 Å². The van der Waals surface area contributed by atoms with Crippen molar-refractivity contribution < 1.29 is 9.21 Å². The fourth-order valence-electron chi connectivity index (χ4n) is 2.21. The largest absolute Gasteiger partial charge is 0.459 e. The summed E-state index contributed by atoms with van der Waals surface area (Å²) in [6, 6.07) is 9.66. The van der Waals surface area contributed by atoms with E-state index >= 15 is 0 Å². The van der Waals surface area contributed by atoms with Crippen LogP contribution in [-0.2, 0) is 4.79 Å². The fraction of sp³-hybridized carbons (Fsp3) is 0.471. The van der Waals surface area contributed by atoms with Gasteiger partial charge in [0.1, 0.15) is 11.3 Å². The average Bonchev–Trinajstić information content (AvgIpc) is 2.88. The van der Waals surface area contributed by atoms with E-state index in [0.717, 1.165) is 16.7 Å². The second kappa shape index (κ2) is 6.76. The lowest BCUT2D eigenvalue weighted by molar-refractivity contribution is -0.123. The molecule has 0 aliphatic heterocycles. The van der Waals surface area contributed by atoms with E-state index in [1.165, 1.54) is 0 Å². The van der Waals surface area contributed by atoms with Crippen molar-refractivity contribution in [2.75, 3.05) is 6.54 Å². The number of furan rings is 1. The molecular formula is C17H24N2O2. The molecule has 4 nitrogen and oxygen atoms in total. The average molecular weight is 288 g/mol. The minimum absolute atomic E-state index is 0.0165. The molecule has 2 N–H and O–H groups in total. The highest BCUT2D eigenvalue weighted by molar-refractivity contribution is 5.81. The molecule has 1 amide bonds. The molecule has 2 aromatic rings. The quantitative estimate of drug-likeness (QED) is 0.858. The monoisotopic (exact) mass is 288 g/mol. The highest BCUT2D eigenvalue weighted by Crippen LogP contribution is 2.23. The highest BCUT2D eigenvalue weighted by Gasteiger charge is 2.18. The molecule has 0 aliphatic rings. The summed E-state index contributed by atoms with van der Waals surface area (Å²) in [7, 11) is 0. The summed E-state index contributed by atoms with van der Waals surface area (Å²) in [5.74, 6) is 1.32. The lowest BCUT2D eigenvalue weighted by Crippen LogP contribution is -2.44. The van der Waals surface area contributed by atoms with Crippen molar-refractivity contribution in [3.63, 3.8) is 0 Å². The number of nitrogens with one attached hydrogen (secondary N) is 2. The molecule has 2 unspecified atom stereocenters. The number of rotatable bonds is 6. The third kappa shape index (κ3) is 4.08. The minimum Gasteiger partial charge on any atom is -0.459 e. The Labute approximate surface area is 125 Å². The maximum Gasteiger partial charge on any atom is 0.236 e. The zero-order valence-corrected chi connectivity index (χ0v) is 13.1. The Morgan fingerprint density at radius 1 is 1.19 bits per heavy atom. The number of fused-ring (bicyclic) bond motifs is 1. The van der Waals surface area contributed by atoms with Crippen LogP contribution in [0.15, 0.2) is 34.7 Å². The number of hydrogen-bond donors (Lipinski definition) is 2. The second-order valence-electron chi connectivity index (χ2n) is 5.94. The highest BCUT2D eigenvalue weighted by atomic mass is 16.3. The van der Waals surface area contributed by atoms with Crippen LogP contribution in [0, 0.1) is 5.92 Å². The van der Waals surface area contributed by atoms with Crippen molar-refractivity contribution in [3.8, 4) is 0 Å². The third-order valence-corrected chi connectivity index (χ3v) is 3.45. The second-order valence-corrected chi connectivity index (χ2v) is 5.94.